The number of anilines is 3. The number of amides is 3. The van der Waals surface area contributed by atoms with Gasteiger partial charge in [-0.05, 0) is 122 Å². The number of imidazole rings is 1. The lowest BCUT2D eigenvalue weighted by molar-refractivity contribution is -0.135. The molecule has 56 heavy (non-hydrogen) atoms. The van der Waals surface area contributed by atoms with Crippen LogP contribution in [0.1, 0.15) is 114 Å². The van der Waals surface area contributed by atoms with Crippen LogP contribution in [-0.2, 0) is 15.0 Å². The topological polar surface area (TPSA) is 116 Å². The van der Waals surface area contributed by atoms with Gasteiger partial charge in [-0.15, -0.1) is 0 Å². The van der Waals surface area contributed by atoms with Gasteiger partial charge in [0.25, 0.3) is 5.91 Å². The van der Waals surface area contributed by atoms with Crippen LogP contribution < -0.4 is 15.5 Å². The van der Waals surface area contributed by atoms with E-state index in [4.69, 9.17) is 9.97 Å². The molecule has 3 fully saturated rings. The Balaban J connectivity index is 1.19. The Morgan fingerprint density at radius 3 is 2.38 bits per heavy atom. The number of piperidine rings is 2. The zero-order valence-corrected chi connectivity index (χ0v) is 33.6. The summed E-state index contributed by atoms with van der Waals surface area (Å²) in [6.45, 7) is 14.9. The fraction of sp³-hybridized carbons (Fsp3) is 0.523. The van der Waals surface area contributed by atoms with E-state index in [1.54, 1.807) is 19.3 Å². The molecule has 0 radical (unpaired) electrons. The summed E-state index contributed by atoms with van der Waals surface area (Å²) in [6.07, 6.45) is 9.12. The second-order valence-electron chi connectivity index (χ2n) is 17.0. The predicted molar refractivity (Wildman–Crippen MR) is 218 cm³/mol. The average molecular weight is 763 g/mol. The van der Waals surface area contributed by atoms with E-state index in [0.717, 1.165) is 48.3 Å². The van der Waals surface area contributed by atoms with Crippen molar-refractivity contribution in [1.82, 2.24) is 29.7 Å². The zero-order chi connectivity index (χ0) is 39.5. The Morgan fingerprint density at radius 2 is 1.70 bits per heavy atom. The first kappa shape index (κ1) is 38.1. The van der Waals surface area contributed by atoms with Gasteiger partial charge in [0.1, 0.15) is 11.3 Å². The molecule has 2 aromatic carbocycles. The van der Waals surface area contributed by atoms with Gasteiger partial charge in [-0.3, -0.25) is 14.4 Å². The zero-order valence-electron chi connectivity index (χ0n) is 33.6. The largest absolute Gasteiger partial charge is 0.350 e. The van der Waals surface area contributed by atoms with Crippen molar-refractivity contribution in [2.24, 2.45) is 0 Å². The summed E-state index contributed by atoms with van der Waals surface area (Å²) in [5.74, 6) is -0.0585. The van der Waals surface area contributed by atoms with Gasteiger partial charge in [-0.25, -0.2) is 14.4 Å². The first-order chi connectivity index (χ1) is 26.9. The number of pyridine rings is 1. The number of carbonyl (C=O) groups is 3. The summed E-state index contributed by atoms with van der Waals surface area (Å²) >= 11 is 0. The SMILES string of the molecule is CCC(=O)N1CCC2(CC1)C(=O)N(C1CC(N3CCCCC3)C1)c1cc(-c3cc4ncn(C(C)C)c4c(Nc4cc(C(=O)NC(C)C)c(C)cc4F)n3)ccc12. The number of nitrogens with zero attached hydrogens (tertiary/aromatic N) is 6. The van der Waals surface area contributed by atoms with Gasteiger partial charge in [0, 0.05) is 60.5 Å². The van der Waals surface area contributed by atoms with Crippen LogP contribution in [0, 0.1) is 12.7 Å². The molecule has 4 aromatic rings. The van der Waals surface area contributed by atoms with Crippen molar-refractivity contribution in [2.75, 3.05) is 36.4 Å². The molecule has 2 aromatic heterocycles. The molecule has 11 nitrogen and oxygen atoms in total. The summed E-state index contributed by atoms with van der Waals surface area (Å²) in [6, 6.07) is 11.7. The normalized spacial score (nSPS) is 20.9. The summed E-state index contributed by atoms with van der Waals surface area (Å²) in [5.41, 5.74) is 5.24. The van der Waals surface area contributed by atoms with Gasteiger partial charge < -0.3 is 29.9 Å². The summed E-state index contributed by atoms with van der Waals surface area (Å²) in [4.78, 5) is 57.1. The van der Waals surface area contributed by atoms with Crippen molar-refractivity contribution >= 4 is 45.9 Å². The Labute approximate surface area is 329 Å². The molecule has 1 aliphatic carbocycles. The molecule has 8 rings (SSSR count). The van der Waals surface area contributed by atoms with Crippen LogP contribution in [-0.4, -0.2) is 86.4 Å². The highest BCUT2D eigenvalue weighted by atomic mass is 19.1. The standard InChI is InChI=1S/C44H55FN8O3/c1-7-39(54)51-17-13-44(14-18-51)33-12-11-29(20-38(33)53(43(44)56)31-21-30(22-31)50-15-9-8-10-16-50)35-24-37-40(52(25-46-37)27(4)5)41(48-35)49-36-23-32(28(6)19-34(36)45)42(55)47-26(2)3/h11-12,19-20,23-27,30-31H,7-10,13-18,21-22H2,1-6H3,(H,47,55)(H,48,49). The number of hydrogen-bond acceptors (Lipinski definition) is 7. The molecule has 3 aliphatic heterocycles. The number of benzene rings is 2. The van der Waals surface area contributed by atoms with Gasteiger partial charge in [0.05, 0.1) is 28.6 Å². The van der Waals surface area contributed by atoms with Gasteiger partial charge in [0.2, 0.25) is 11.8 Å². The van der Waals surface area contributed by atoms with Crippen LogP contribution in [0.25, 0.3) is 22.3 Å². The molecule has 0 unspecified atom stereocenters. The lowest BCUT2D eigenvalue weighted by Gasteiger charge is -2.48. The first-order valence-electron chi connectivity index (χ1n) is 20.6. The van der Waals surface area contributed by atoms with E-state index in [0.29, 0.717) is 66.5 Å². The fourth-order valence-electron chi connectivity index (χ4n) is 9.48. The maximum absolute atomic E-state index is 15.7. The van der Waals surface area contributed by atoms with Crippen LogP contribution in [0.15, 0.2) is 42.7 Å². The molecule has 3 amide bonds. The molecule has 0 atom stereocenters. The van der Waals surface area contributed by atoms with E-state index in [1.807, 2.05) is 42.4 Å². The molecular formula is C44H55FN8O3. The number of aryl methyl sites for hydroxylation is 1. The number of carbonyl (C=O) groups excluding carboxylic acids is 3. The van der Waals surface area contributed by atoms with Crippen LogP contribution in [0.5, 0.6) is 0 Å². The van der Waals surface area contributed by atoms with Crippen LogP contribution in [0.4, 0.5) is 21.6 Å². The lowest BCUT2D eigenvalue weighted by atomic mass is 9.73. The molecule has 2 saturated heterocycles. The lowest BCUT2D eigenvalue weighted by Crippen LogP contribution is -2.58. The molecule has 296 valence electrons. The van der Waals surface area contributed by atoms with Crippen molar-refractivity contribution in [1.29, 1.82) is 0 Å². The predicted octanol–water partition coefficient (Wildman–Crippen LogP) is 7.64. The first-order valence-corrected chi connectivity index (χ1v) is 20.6. The van der Waals surface area contributed by atoms with Crippen molar-refractivity contribution in [3.05, 3.63) is 65.2 Å². The minimum absolute atomic E-state index is 0.0504. The van der Waals surface area contributed by atoms with Crippen LogP contribution >= 0.6 is 0 Å². The molecule has 12 heteroatoms. The minimum atomic E-state index is -0.669. The van der Waals surface area contributed by atoms with E-state index in [9.17, 15) is 14.4 Å². The highest BCUT2D eigenvalue weighted by Gasteiger charge is 2.55. The number of halogens is 1. The maximum atomic E-state index is 15.7. The Hall–Kier alpha value is -4.84. The number of hydrogen-bond donors (Lipinski definition) is 2. The number of fused-ring (bicyclic) bond motifs is 3. The second kappa shape index (κ2) is 14.9. The van der Waals surface area contributed by atoms with Gasteiger partial charge in [-0.1, -0.05) is 25.5 Å². The quantitative estimate of drug-likeness (QED) is 0.180. The van der Waals surface area contributed by atoms with E-state index >= 15 is 4.39 Å². The van der Waals surface area contributed by atoms with Crippen molar-refractivity contribution < 1.29 is 18.8 Å². The van der Waals surface area contributed by atoms with Gasteiger partial charge >= 0.3 is 0 Å². The highest BCUT2D eigenvalue weighted by molar-refractivity contribution is 6.09. The van der Waals surface area contributed by atoms with Gasteiger partial charge in [-0.2, -0.15) is 0 Å². The molecule has 1 saturated carbocycles. The monoisotopic (exact) mass is 762 g/mol. The average Bonchev–Trinajstić information content (AvgIpc) is 3.70. The molecule has 1 spiro atoms. The van der Waals surface area contributed by atoms with Crippen molar-refractivity contribution in [3.8, 4) is 11.3 Å². The van der Waals surface area contributed by atoms with E-state index in [2.05, 4.69) is 46.4 Å². The summed E-state index contributed by atoms with van der Waals surface area (Å²) in [7, 11) is 0. The fourth-order valence-corrected chi connectivity index (χ4v) is 9.48. The molecular weight excluding hydrogens is 708 g/mol. The Bertz CT molecular complexity index is 2180. The molecule has 5 heterocycles. The van der Waals surface area contributed by atoms with E-state index in [-0.39, 0.29) is 41.5 Å². The molecule has 0 bridgehead atoms. The van der Waals surface area contributed by atoms with E-state index < -0.39 is 11.2 Å². The Kier molecular flexibility index (Phi) is 10.1. The minimum Gasteiger partial charge on any atom is -0.350 e. The van der Waals surface area contributed by atoms with Crippen molar-refractivity contribution in [2.45, 2.75) is 122 Å². The summed E-state index contributed by atoms with van der Waals surface area (Å²) < 4.78 is 17.7. The third-order valence-corrected chi connectivity index (χ3v) is 12.7. The Morgan fingerprint density at radius 1 is 0.964 bits per heavy atom. The second-order valence-corrected chi connectivity index (χ2v) is 17.0. The number of nitrogens with one attached hydrogen (secondary N) is 2. The number of likely N-dealkylation sites (tertiary alicyclic amines) is 2. The summed E-state index contributed by atoms with van der Waals surface area (Å²) in [5, 5.41) is 6.18. The third kappa shape index (κ3) is 6.63. The maximum Gasteiger partial charge on any atom is 0.251 e. The van der Waals surface area contributed by atoms with Crippen molar-refractivity contribution in [3.63, 3.8) is 0 Å². The highest BCUT2D eigenvalue weighted by Crippen LogP contribution is 2.52. The van der Waals surface area contributed by atoms with Crippen LogP contribution in [0.3, 0.4) is 0 Å². The van der Waals surface area contributed by atoms with Crippen LogP contribution in [0.2, 0.25) is 0 Å². The van der Waals surface area contributed by atoms with E-state index in [1.165, 1.54) is 25.3 Å². The third-order valence-electron chi connectivity index (χ3n) is 12.7. The van der Waals surface area contributed by atoms with Gasteiger partial charge in [0.15, 0.2) is 5.82 Å². The number of rotatable bonds is 9. The number of aromatic nitrogens is 3. The molecule has 2 N–H and O–H groups in total. The smallest absolute Gasteiger partial charge is 0.251 e. The molecule has 4 aliphatic rings.